The summed E-state index contributed by atoms with van der Waals surface area (Å²) in [5.74, 6) is -0.214. The molecule has 0 aromatic carbocycles. The number of hydrogen-bond acceptors (Lipinski definition) is 3. The molecule has 1 unspecified atom stereocenters. The molecule has 2 rings (SSSR count). The quantitative estimate of drug-likeness (QED) is 0.799. The van der Waals surface area contributed by atoms with Crippen LogP contribution in [0.1, 0.15) is 43.1 Å². The normalized spacial score (nSPS) is 19.8. The molecular formula is C15H23N3O2. The van der Waals surface area contributed by atoms with Crippen LogP contribution in [0.25, 0.3) is 0 Å². The molecule has 0 spiro atoms. The number of nitrogens with one attached hydrogen (secondary N) is 2. The summed E-state index contributed by atoms with van der Waals surface area (Å²) in [5.41, 5.74) is 0.0728. The molecule has 1 aromatic heterocycles. The monoisotopic (exact) mass is 277 g/mol. The van der Waals surface area contributed by atoms with E-state index in [2.05, 4.69) is 22.1 Å². The third-order valence-corrected chi connectivity index (χ3v) is 3.86. The van der Waals surface area contributed by atoms with E-state index >= 15 is 0 Å². The molecule has 0 bridgehead atoms. The van der Waals surface area contributed by atoms with E-state index in [1.54, 1.807) is 12.1 Å². The summed E-state index contributed by atoms with van der Waals surface area (Å²) in [4.78, 5) is 28.0. The summed E-state index contributed by atoms with van der Waals surface area (Å²) in [6.45, 7) is 5.10. The fourth-order valence-electron chi connectivity index (χ4n) is 2.65. The van der Waals surface area contributed by atoms with Gasteiger partial charge in [0.05, 0.1) is 0 Å². The van der Waals surface area contributed by atoms with Crippen LogP contribution in [0.2, 0.25) is 0 Å². The predicted octanol–water partition coefficient (Wildman–Crippen LogP) is 1.37. The van der Waals surface area contributed by atoms with E-state index in [1.165, 1.54) is 31.9 Å². The maximum atomic E-state index is 11.8. The van der Waals surface area contributed by atoms with Crippen LogP contribution in [0.5, 0.6) is 0 Å². The number of piperidine rings is 1. The van der Waals surface area contributed by atoms with E-state index in [9.17, 15) is 9.59 Å². The first-order valence-corrected chi connectivity index (χ1v) is 7.38. The summed E-state index contributed by atoms with van der Waals surface area (Å²) in [5, 5.41) is 2.84. The highest BCUT2D eigenvalue weighted by molar-refractivity contribution is 5.92. The summed E-state index contributed by atoms with van der Waals surface area (Å²) < 4.78 is 0. The van der Waals surface area contributed by atoms with Crippen LogP contribution < -0.4 is 10.9 Å². The van der Waals surface area contributed by atoms with Crippen molar-refractivity contribution in [1.82, 2.24) is 15.2 Å². The third kappa shape index (κ3) is 4.20. The Kier molecular flexibility index (Phi) is 5.35. The van der Waals surface area contributed by atoms with Gasteiger partial charge in [0.15, 0.2) is 0 Å². The van der Waals surface area contributed by atoms with Gasteiger partial charge in [0.25, 0.3) is 5.91 Å². The molecular weight excluding hydrogens is 254 g/mol. The molecule has 1 aromatic rings. The molecule has 0 aliphatic carbocycles. The number of aromatic amines is 1. The van der Waals surface area contributed by atoms with E-state index < -0.39 is 0 Å². The summed E-state index contributed by atoms with van der Waals surface area (Å²) in [7, 11) is 0. The van der Waals surface area contributed by atoms with Crippen molar-refractivity contribution in [3.05, 3.63) is 34.2 Å². The van der Waals surface area contributed by atoms with Crippen molar-refractivity contribution in [1.29, 1.82) is 0 Å². The maximum absolute atomic E-state index is 11.8. The summed E-state index contributed by atoms with van der Waals surface area (Å²) in [6.07, 6.45) is 4.82. The van der Waals surface area contributed by atoms with E-state index in [0.717, 1.165) is 13.0 Å². The standard InChI is InChI=1S/C15H23N3O2/c1-12-6-2-3-10-18(12)11-5-9-16-15(20)13-7-4-8-14(19)17-13/h4,7-8,12H,2-3,5-6,9-11H2,1H3,(H,16,20)(H,17,19). The van der Waals surface area contributed by atoms with Crippen molar-refractivity contribution < 1.29 is 4.79 Å². The Morgan fingerprint density at radius 3 is 3.05 bits per heavy atom. The molecule has 5 heteroatoms. The minimum absolute atomic E-state index is 0.214. The number of likely N-dealkylation sites (tertiary alicyclic amines) is 1. The van der Waals surface area contributed by atoms with Crippen LogP contribution in [0, 0.1) is 0 Å². The summed E-state index contributed by atoms with van der Waals surface area (Å²) in [6, 6.07) is 5.26. The van der Waals surface area contributed by atoms with Crippen molar-refractivity contribution in [3.8, 4) is 0 Å². The zero-order valence-electron chi connectivity index (χ0n) is 12.0. The topological polar surface area (TPSA) is 65.2 Å². The average Bonchev–Trinajstić information content (AvgIpc) is 2.45. The molecule has 2 N–H and O–H groups in total. The lowest BCUT2D eigenvalue weighted by molar-refractivity contribution is 0.0943. The van der Waals surface area contributed by atoms with Crippen molar-refractivity contribution in [2.75, 3.05) is 19.6 Å². The van der Waals surface area contributed by atoms with E-state index in [4.69, 9.17) is 0 Å². The first-order chi connectivity index (χ1) is 9.66. The Morgan fingerprint density at radius 2 is 2.30 bits per heavy atom. The van der Waals surface area contributed by atoms with E-state index in [0.29, 0.717) is 18.3 Å². The highest BCUT2D eigenvalue weighted by Gasteiger charge is 2.17. The Balaban J connectivity index is 1.70. The van der Waals surface area contributed by atoms with Gasteiger partial charge in [0, 0.05) is 25.2 Å². The SMILES string of the molecule is CC1CCCCN1CCCNC(=O)c1cccc(=O)[nH]1. The van der Waals surface area contributed by atoms with Gasteiger partial charge in [-0.1, -0.05) is 12.5 Å². The number of nitrogens with zero attached hydrogens (tertiary/aromatic N) is 1. The largest absolute Gasteiger partial charge is 0.351 e. The third-order valence-electron chi connectivity index (χ3n) is 3.86. The van der Waals surface area contributed by atoms with Gasteiger partial charge in [-0.15, -0.1) is 0 Å². The number of carbonyl (C=O) groups excluding carboxylic acids is 1. The number of pyridine rings is 1. The van der Waals surface area contributed by atoms with Gasteiger partial charge >= 0.3 is 0 Å². The van der Waals surface area contributed by atoms with Gasteiger partial charge in [0.2, 0.25) is 5.56 Å². The highest BCUT2D eigenvalue weighted by atomic mass is 16.2. The molecule has 110 valence electrons. The Bertz CT molecular complexity index is 498. The number of hydrogen-bond donors (Lipinski definition) is 2. The van der Waals surface area contributed by atoms with Crippen molar-refractivity contribution >= 4 is 5.91 Å². The van der Waals surface area contributed by atoms with Crippen molar-refractivity contribution in [2.24, 2.45) is 0 Å². The first-order valence-electron chi connectivity index (χ1n) is 7.38. The lowest BCUT2D eigenvalue weighted by Gasteiger charge is -2.33. The van der Waals surface area contributed by atoms with Crippen LogP contribution in [0.4, 0.5) is 0 Å². The van der Waals surface area contributed by atoms with Gasteiger partial charge in [-0.2, -0.15) is 0 Å². The molecule has 2 heterocycles. The van der Waals surface area contributed by atoms with Crippen LogP contribution >= 0.6 is 0 Å². The van der Waals surface area contributed by atoms with Crippen molar-refractivity contribution in [2.45, 2.75) is 38.6 Å². The lowest BCUT2D eigenvalue weighted by Crippen LogP contribution is -2.39. The van der Waals surface area contributed by atoms with Gasteiger partial charge < -0.3 is 15.2 Å². The van der Waals surface area contributed by atoms with Crippen LogP contribution in [0.3, 0.4) is 0 Å². The second-order valence-corrected chi connectivity index (χ2v) is 5.42. The Morgan fingerprint density at radius 1 is 1.45 bits per heavy atom. The fraction of sp³-hybridized carbons (Fsp3) is 0.600. The second kappa shape index (κ2) is 7.24. The molecule has 1 aliphatic heterocycles. The maximum Gasteiger partial charge on any atom is 0.267 e. The van der Waals surface area contributed by atoms with Crippen molar-refractivity contribution in [3.63, 3.8) is 0 Å². The minimum atomic E-state index is -0.250. The Labute approximate surface area is 119 Å². The molecule has 20 heavy (non-hydrogen) atoms. The van der Waals surface area contributed by atoms with E-state index in [1.807, 2.05) is 0 Å². The smallest absolute Gasteiger partial charge is 0.267 e. The van der Waals surface area contributed by atoms with Crippen LogP contribution in [-0.2, 0) is 0 Å². The van der Waals surface area contributed by atoms with Gasteiger partial charge in [0.1, 0.15) is 5.69 Å². The summed E-state index contributed by atoms with van der Waals surface area (Å²) >= 11 is 0. The van der Waals surface area contributed by atoms with Gasteiger partial charge in [-0.3, -0.25) is 9.59 Å². The van der Waals surface area contributed by atoms with Crippen LogP contribution in [-0.4, -0.2) is 41.5 Å². The predicted molar refractivity (Wildman–Crippen MR) is 78.9 cm³/mol. The Hall–Kier alpha value is -1.62. The molecule has 1 fully saturated rings. The van der Waals surface area contributed by atoms with Crippen LogP contribution in [0.15, 0.2) is 23.0 Å². The van der Waals surface area contributed by atoms with Gasteiger partial charge in [-0.25, -0.2) is 0 Å². The number of rotatable bonds is 5. The fourth-order valence-corrected chi connectivity index (χ4v) is 2.65. The van der Waals surface area contributed by atoms with E-state index in [-0.39, 0.29) is 11.5 Å². The average molecular weight is 277 g/mol. The first kappa shape index (κ1) is 14.8. The number of amides is 1. The number of H-pyrrole nitrogens is 1. The number of carbonyl (C=O) groups is 1. The zero-order valence-corrected chi connectivity index (χ0v) is 12.0. The highest BCUT2D eigenvalue weighted by Crippen LogP contribution is 2.15. The van der Waals surface area contributed by atoms with Gasteiger partial charge in [-0.05, 0) is 38.8 Å². The molecule has 0 saturated carbocycles. The minimum Gasteiger partial charge on any atom is -0.351 e. The zero-order chi connectivity index (χ0) is 14.4. The number of aromatic nitrogens is 1. The second-order valence-electron chi connectivity index (χ2n) is 5.42. The molecule has 1 atom stereocenters. The molecule has 5 nitrogen and oxygen atoms in total. The lowest BCUT2D eigenvalue weighted by atomic mass is 10.0. The molecule has 1 saturated heterocycles. The molecule has 1 aliphatic rings. The molecule has 0 radical (unpaired) electrons. The molecule has 1 amide bonds.